The Hall–Kier alpha value is -1.72. The number of fused-ring (bicyclic) bond motifs is 1. The molecule has 1 amide bonds. The quantitative estimate of drug-likeness (QED) is 0.674. The van der Waals surface area contributed by atoms with E-state index in [0.29, 0.717) is 12.4 Å². The van der Waals surface area contributed by atoms with Crippen molar-refractivity contribution < 1.29 is 4.79 Å². The van der Waals surface area contributed by atoms with Gasteiger partial charge in [0.15, 0.2) is 0 Å². The Bertz CT molecular complexity index is 394. The van der Waals surface area contributed by atoms with Crippen LogP contribution in [0.1, 0.15) is 19.4 Å². The van der Waals surface area contributed by atoms with Crippen molar-refractivity contribution in [3.63, 3.8) is 0 Å². The maximum Gasteiger partial charge on any atom is 0.241 e. The molecular formula is C8H11N5O. The Labute approximate surface area is 81.2 Å². The first-order valence-corrected chi connectivity index (χ1v) is 4.46. The first-order chi connectivity index (χ1) is 6.70. The number of carbonyl (C=O) groups excluding carboxylic acids is 1. The van der Waals surface area contributed by atoms with Crippen LogP contribution in [0.2, 0.25) is 0 Å². The molecule has 1 aromatic rings. The number of hydrogen-bond donors (Lipinski definition) is 0. The molecule has 0 atom stereocenters. The molecule has 0 spiro atoms. The van der Waals surface area contributed by atoms with Gasteiger partial charge >= 0.3 is 0 Å². The van der Waals surface area contributed by atoms with Crippen LogP contribution < -0.4 is 0 Å². The molecule has 1 aromatic heterocycles. The van der Waals surface area contributed by atoms with Gasteiger partial charge in [-0.2, -0.15) is 5.10 Å². The van der Waals surface area contributed by atoms with Crippen LogP contribution in [-0.4, -0.2) is 20.7 Å². The lowest BCUT2D eigenvalue weighted by atomic mass is 10.3. The molecule has 74 valence electrons. The highest BCUT2D eigenvalue weighted by molar-refractivity contribution is 5.73. The largest absolute Gasteiger partial charge is 0.273 e. The minimum atomic E-state index is -0.108. The van der Waals surface area contributed by atoms with Crippen LogP contribution in [0, 0.1) is 0 Å². The van der Waals surface area contributed by atoms with Crippen molar-refractivity contribution >= 4 is 11.7 Å². The summed E-state index contributed by atoms with van der Waals surface area (Å²) in [5, 5.41) is 13.1. The van der Waals surface area contributed by atoms with E-state index in [1.807, 2.05) is 13.1 Å². The molecule has 6 nitrogen and oxygen atoms in total. The summed E-state index contributed by atoms with van der Waals surface area (Å²) >= 11 is 0. The van der Waals surface area contributed by atoms with E-state index in [1.54, 1.807) is 4.68 Å². The first kappa shape index (κ1) is 8.86. The van der Waals surface area contributed by atoms with E-state index in [4.69, 9.17) is 0 Å². The van der Waals surface area contributed by atoms with Gasteiger partial charge in [0.05, 0.1) is 6.54 Å². The summed E-state index contributed by atoms with van der Waals surface area (Å²) < 4.78 is 1.79. The second-order valence-electron chi connectivity index (χ2n) is 3.10. The van der Waals surface area contributed by atoms with Crippen LogP contribution in [0.3, 0.4) is 0 Å². The van der Waals surface area contributed by atoms with Gasteiger partial charge in [-0.15, -0.1) is 5.11 Å². The number of aromatic nitrogens is 2. The minimum Gasteiger partial charge on any atom is -0.273 e. The van der Waals surface area contributed by atoms with Crippen LogP contribution in [0.25, 0.3) is 0 Å². The average molecular weight is 193 g/mol. The van der Waals surface area contributed by atoms with E-state index in [-0.39, 0.29) is 5.91 Å². The van der Waals surface area contributed by atoms with Gasteiger partial charge in [0.1, 0.15) is 0 Å². The van der Waals surface area contributed by atoms with Crippen molar-refractivity contribution in [1.29, 1.82) is 0 Å². The standard InChI is InChI=1S/C8H11N5O/c1-3-12-4-7-5-13(6(2)14)11-9-8(7)10-12/h4H,3,5H2,1-2H3. The minimum absolute atomic E-state index is 0.108. The van der Waals surface area contributed by atoms with Gasteiger partial charge < -0.3 is 0 Å². The van der Waals surface area contributed by atoms with Crippen molar-refractivity contribution in [3.8, 4) is 0 Å². The highest BCUT2D eigenvalue weighted by Gasteiger charge is 2.19. The molecule has 1 aliphatic heterocycles. The van der Waals surface area contributed by atoms with Crippen LogP contribution in [-0.2, 0) is 17.9 Å². The van der Waals surface area contributed by atoms with E-state index in [0.717, 1.165) is 12.1 Å². The van der Waals surface area contributed by atoms with Gasteiger partial charge in [0.2, 0.25) is 11.7 Å². The average Bonchev–Trinajstić information content (AvgIpc) is 2.58. The lowest BCUT2D eigenvalue weighted by molar-refractivity contribution is -0.130. The highest BCUT2D eigenvalue weighted by atomic mass is 16.2. The molecule has 0 aliphatic carbocycles. The lowest BCUT2D eigenvalue weighted by Gasteiger charge is -2.15. The molecule has 0 N–H and O–H groups in total. The SMILES string of the molecule is CCn1cc2c(n1)N=NN(C(C)=O)C2. The fourth-order valence-corrected chi connectivity index (χ4v) is 1.27. The molecule has 2 heterocycles. The molecule has 0 saturated carbocycles. The Morgan fingerprint density at radius 1 is 1.64 bits per heavy atom. The van der Waals surface area contributed by atoms with Gasteiger partial charge in [-0.05, 0) is 6.92 Å². The number of carbonyl (C=O) groups is 1. The monoisotopic (exact) mass is 193 g/mol. The van der Waals surface area contributed by atoms with Gasteiger partial charge in [-0.25, -0.2) is 5.01 Å². The molecule has 0 unspecified atom stereocenters. The number of aryl methyl sites for hydroxylation is 1. The number of amides is 1. The Balaban J connectivity index is 2.28. The molecule has 0 fully saturated rings. The van der Waals surface area contributed by atoms with Gasteiger partial charge in [-0.3, -0.25) is 9.48 Å². The van der Waals surface area contributed by atoms with E-state index in [9.17, 15) is 4.79 Å². The van der Waals surface area contributed by atoms with Gasteiger partial charge in [0, 0.05) is 25.2 Å². The van der Waals surface area contributed by atoms with Crippen molar-refractivity contribution in [2.75, 3.05) is 0 Å². The maximum absolute atomic E-state index is 11.0. The number of rotatable bonds is 1. The fraction of sp³-hybridized carbons (Fsp3) is 0.500. The second kappa shape index (κ2) is 3.21. The molecule has 1 aliphatic rings. The van der Waals surface area contributed by atoms with E-state index in [2.05, 4.69) is 15.4 Å². The van der Waals surface area contributed by atoms with Crippen molar-refractivity contribution in [2.45, 2.75) is 26.9 Å². The molecule has 0 bridgehead atoms. The maximum atomic E-state index is 11.0. The zero-order valence-electron chi connectivity index (χ0n) is 8.14. The summed E-state index contributed by atoms with van der Waals surface area (Å²) in [7, 11) is 0. The van der Waals surface area contributed by atoms with E-state index < -0.39 is 0 Å². The lowest BCUT2D eigenvalue weighted by Crippen LogP contribution is -2.23. The number of nitrogens with zero attached hydrogens (tertiary/aromatic N) is 5. The molecule has 2 rings (SSSR count). The summed E-state index contributed by atoms with van der Waals surface area (Å²) in [6.07, 6.45) is 1.89. The molecule has 14 heavy (non-hydrogen) atoms. The van der Waals surface area contributed by atoms with Crippen LogP contribution in [0.5, 0.6) is 0 Å². The van der Waals surface area contributed by atoms with E-state index >= 15 is 0 Å². The number of hydrogen-bond acceptors (Lipinski definition) is 4. The van der Waals surface area contributed by atoms with Crippen LogP contribution in [0.4, 0.5) is 5.82 Å². The Kier molecular flexibility index (Phi) is 2.03. The predicted molar refractivity (Wildman–Crippen MR) is 48.6 cm³/mol. The molecule has 0 radical (unpaired) electrons. The highest BCUT2D eigenvalue weighted by Crippen LogP contribution is 2.24. The third kappa shape index (κ3) is 1.39. The van der Waals surface area contributed by atoms with Gasteiger partial charge in [0.25, 0.3) is 0 Å². The zero-order chi connectivity index (χ0) is 10.1. The van der Waals surface area contributed by atoms with Crippen molar-refractivity contribution in [1.82, 2.24) is 14.8 Å². The van der Waals surface area contributed by atoms with E-state index in [1.165, 1.54) is 11.9 Å². The Morgan fingerprint density at radius 3 is 3.07 bits per heavy atom. The molecular weight excluding hydrogens is 182 g/mol. The second-order valence-corrected chi connectivity index (χ2v) is 3.10. The smallest absolute Gasteiger partial charge is 0.241 e. The zero-order valence-corrected chi connectivity index (χ0v) is 8.14. The Morgan fingerprint density at radius 2 is 2.43 bits per heavy atom. The van der Waals surface area contributed by atoms with Gasteiger partial charge in [-0.1, -0.05) is 5.22 Å². The fourth-order valence-electron chi connectivity index (χ4n) is 1.27. The summed E-state index contributed by atoms with van der Waals surface area (Å²) in [5.74, 6) is 0.507. The van der Waals surface area contributed by atoms with Crippen molar-refractivity contribution in [2.24, 2.45) is 10.3 Å². The third-order valence-electron chi connectivity index (χ3n) is 2.07. The summed E-state index contributed by atoms with van der Waals surface area (Å²) in [6.45, 7) is 4.73. The third-order valence-corrected chi connectivity index (χ3v) is 2.07. The molecule has 0 saturated heterocycles. The normalized spacial score (nSPS) is 14.3. The topological polar surface area (TPSA) is 62.9 Å². The van der Waals surface area contributed by atoms with Crippen LogP contribution in [0.15, 0.2) is 16.5 Å². The summed E-state index contributed by atoms with van der Waals surface area (Å²) in [5.41, 5.74) is 0.942. The summed E-state index contributed by atoms with van der Waals surface area (Å²) in [4.78, 5) is 11.0. The predicted octanol–water partition coefficient (Wildman–Crippen LogP) is 1.26. The van der Waals surface area contributed by atoms with Crippen molar-refractivity contribution in [3.05, 3.63) is 11.8 Å². The summed E-state index contributed by atoms with van der Waals surface area (Å²) in [6, 6.07) is 0. The van der Waals surface area contributed by atoms with Crippen LogP contribution >= 0.6 is 0 Å². The molecule has 0 aromatic carbocycles. The first-order valence-electron chi connectivity index (χ1n) is 4.46. The molecule has 6 heteroatoms.